The number of aryl methyl sites for hydroxylation is 1. The van der Waals surface area contributed by atoms with E-state index < -0.39 is 16.6 Å². The van der Waals surface area contributed by atoms with Crippen molar-refractivity contribution in [1.82, 2.24) is 14.9 Å². The number of hydrogen-bond donors (Lipinski definition) is 2. The second-order valence-electron chi connectivity index (χ2n) is 7.67. The number of aromatic nitrogens is 2. The Kier molecular flexibility index (Phi) is 3.67. The normalized spacial score (nSPS) is 22.8. The Hall–Kier alpha value is -2.44. The summed E-state index contributed by atoms with van der Waals surface area (Å²) in [6.45, 7) is 1.68. The highest BCUT2D eigenvalue weighted by Crippen LogP contribution is 2.36. The van der Waals surface area contributed by atoms with Crippen molar-refractivity contribution in [2.24, 2.45) is 0 Å². The minimum Gasteiger partial charge on any atom is -0.398 e. The Morgan fingerprint density at radius 1 is 1.20 bits per heavy atom. The molecule has 0 radical (unpaired) electrons. The predicted molar refractivity (Wildman–Crippen MR) is 107 cm³/mol. The monoisotopic (exact) mass is 334 g/mol. The molecule has 124 valence electrons. The third kappa shape index (κ3) is 2.49. The van der Waals surface area contributed by atoms with Gasteiger partial charge in [0, 0.05) is 5.69 Å². The first-order valence-electron chi connectivity index (χ1n) is 8.13. The first-order chi connectivity index (χ1) is 11.5. The second-order valence-corrected chi connectivity index (χ2v) is 7.67. The number of imide groups is 1. The molecule has 0 aliphatic carbocycles. The van der Waals surface area contributed by atoms with Crippen molar-refractivity contribution in [2.45, 2.75) is 24.0 Å². The van der Waals surface area contributed by atoms with Crippen LogP contribution in [0.5, 0.6) is 0 Å². The van der Waals surface area contributed by atoms with Crippen molar-refractivity contribution in [2.75, 3.05) is 5.73 Å². The van der Waals surface area contributed by atoms with Crippen LogP contribution in [-0.4, -0.2) is 52.8 Å². The highest BCUT2D eigenvalue weighted by Gasteiger charge is 2.49. The fourth-order valence-electron chi connectivity index (χ4n) is 3.79. The number of amides is 2. The van der Waals surface area contributed by atoms with Gasteiger partial charge in [0.25, 0.3) is 5.56 Å². The lowest BCUT2D eigenvalue weighted by atomic mass is 9.45. The van der Waals surface area contributed by atoms with E-state index in [4.69, 9.17) is 5.73 Å². The van der Waals surface area contributed by atoms with E-state index in [0.717, 1.165) is 5.46 Å². The topological polar surface area (TPSA) is 107 Å². The van der Waals surface area contributed by atoms with Crippen LogP contribution in [0.4, 0.5) is 5.69 Å². The van der Waals surface area contributed by atoms with Crippen LogP contribution in [0.1, 0.15) is 12.2 Å². The van der Waals surface area contributed by atoms with E-state index in [1.807, 2.05) is 7.85 Å². The standard InChI is InChI=1S/C14H18B4N4O3/c1-5-20-8-3-6(15)2-7(19)9(8)10(23)22(5)14(18)4-13(16,17)11(24)21-12(14)25/h2-3H,4,15-19H2,1H3,(H,21,24,25). The van der Waals surface area contributed by atoms with Gasteiger partial charge < -0.3 is 5.73 Å². The van der Waals surface area contributed by atoms with Crippen LogP contribution in [-0.2, 0) is 15.0 Å². The van der Waals surface area contributed by atoms with E-state index in [1.165, 1.54) is 4.57 Å². The number of nitrogen functional groups attached to an aromatic ring is 1. The minimum absolute atomic E-state index is 0.199. The molecule has 0 spiro atoms. The van der Waals surface area contributed by atoms with E-state index in [-0.39, 0.29) is 17.9 Å². The number of carbonyl (C=O) groups excluding carboxylic acids is 2. The lowest BCUT2D eigenvalue weighted by Gasteiger charge is -2.42. The summed E-state index contributed by atoms with van der Waals surface area (Å²) in [5, 5.41) is 1.89. The van der Waals surface area contributed by atoms with Crippen molar-refractivity contribution in [3.63, 3.8) is 0 Å². The molecule has 7 nitrogen and oxygen atoms in total. The Bertz CT molecular complexity index is 1000. The van der Waals surface area contributed by atoms with Gasteiger partial charge in [0.05, 0.1) is 16.3 Å². The third-order valence-corrected chi connectivity index (χ3v) is 4.93. The average Bonchev–Trinajstić information content (AvgIpc) is 2.43. The summed E-state index contributed by atoms with van der Waals surface area (Å²) < 4.78 is 1.37. The fraction of sp³-hybridized carbons (Fsp3) is 0.286. The number of piperidine rings is 1. The van der Waals surface area contributed by atoms with E-state index >= 15 is 0 Å². The summed E-state index contributed by atoms with van der Waals surface area (Å²) in [5.74, 6) is -0.441. The van der Waals surface area contributed by atoms with E-state index in [2.05, 4.69) is 10.3 Å². The Morgan fingerprint density at radius 3 is 2.48 bits per heavy atom. The van der Waals surface area contributed by atoms with Crippen molar-refractivity contribution >= 4 is 65.3 Å². The van der Waals surface area contributed by atoms with Gasteiger partial charge in [-0.2, -0.15) is 0 Å². The largest absolute Gasteiger partial charge is 0.398 e. The molecule has 2 heterocycles. The van der Waals surface area contributed by atoms with E-state index in [9.17, 15) is 14.4 Å². The first kappa shape index (κ1) is 17.4. The molecule has 2 aromatic rings. The highest BCUT2D eigenvalue weighted by molar-refractivity contribution is 6.53. The second kappa shape index (κ2) is 5.28. The van der Waals surface area contributed by atoms with Gasteiger partial charge in [-0.1, -0.05) is 5.46 Å². The molecule has 1 fully saturated rings. The molecule has 0 bridgehead atoms. The molecule has 1 aromatic heterocycles. The maximum Gasteiger partial charge on any atom is 0.263 e. The van der Waals surface area contributed by atoms with Gasteiger partial charge in [0.15, 0.2) is 0 Å². The number of nitrogens with zero attached hydrogens (tertiary/aromatic N) is 2. The predicted octanol–water partition coefficient (Wildman–Crippen LogP) is -4.74. The van der Waals surface area contributed by atoms with Crippen LogP contribution in [0.3, 0.4) is 0 Å². The fourth-order valence-corrected chi connectivity index (χ4v) is 3.79. The molecule has 3 rings (SSSR count). The average molecular weight is 334 g/mol. The summed E-state index contributed by atoms with van der Waals surface area (Å²) in [6.07, 6.45) is 0.199. The Morgan fingerprint density at radius 2 is 1.84 bits per heavy atom. The van der Waals surface area contributed by atoms with Crippen LogP contribution in [0.25, 0.3) is 10.9 Å². The number of anilines is 1. The van der Waals surface area contributed by atoms with Crippen molar-refractivity contribution in [3.8, 4) is 0 Å². The molecule has 1 saturated heterocycles. The maximum absolute atomic E-state index is 13.2. The number of hydrogen-bond acceptors (Lipinski definition) is 5. The zero-order valence-corrected chi connectivity index (χ0v) is 15.1. The summed E-state index contributed by atoms with van der Waals surface area (Å²) in [6, 6.07) is 3.50. The van der Waals surface area contributed by atoms with E-state index in [0.29, 0.717) is 22.4 Å². The molecule has 25 heavy (non-hydrogen) atoms. The van der Waals surface area contributed by atoms with Gasteiger partial charge in [0.1, 0.15) is 37.2 Å². The molecule has 2 amide bonds. The first-order valence-corrected chi connectivity index (χ1v) is 8.13. The molecule has 1 aliphatic rings. The van der Waals surface area contributed by atoms with Crippen LogP contribution >= 0.6 is 0 Å². The van der Waals surface area contributed by atoms with Gasteiger partial charge in [-0.3, -0.25) is 24.3 Å². The molecule has 0 saturated carbocycles. The number of nitrogens with one attached hydrogen (secondary N) is 1. The zero-order valence-electron chi connectivity index (χ0n) is 15.1. The lowest BCUT2D eigenvalue weighted by molar-refractivity contribution is -0.138. The molecule has 1 atom stereocenters. The van der Waals surface area contributed by atoms with Crippen molar-refractivity contribution in [3.05, 3.63) is 28.3 Å². The van der Waals surface area contributed by atoms with Crippen LogP contribution < -0.4 is 22.1 Å². The van der Waals surface area contributed by atoms with Crippen molar-refractivity contribution < 1.29 is 9.59 Å². The zero-order chi connectivity index (χ0) is 18.7. The summed E-state index contributed by atoms with van der Waals surface area (Å²) in [4.78, 5) is 42.4. The Labute approximate surface area is 148 Å². The maximum atomic E-state index is 13.2. The molecule has 11 heteroatoms. The Balaban J connectivity index is 2.34. The van der Waals surface area contributed by atoms with E-state index in [1.54, 1.807) is 42.6 Å². The minimum atomic E-state index is -1.23. The number of carbonyl (C=O) groups is 2. The van der Waals surface area contributed by atoms with Gasteiger partial charge in [-0.15, -0.1) is 0 Å². The molecule has 3 N–H and O–H groups in total. The number of fused-ring (bicyclic) bond motifs is 1. The van der Waals surface area contributed by atoms with Gasteiger partial charge in [-0.25, -0.2) is 4.98 Å². The van der Waals surface area contributed by atoms with Crippen LogP contribution in [0.15, 0.2) is 16.9 Å². The van der Waals surface area contributed by atoms with Crippen molar-refractivity contribution in [1.29, 1.82) is 0 Å². The van der Waals surface area contributed by atoms with Crippen LogP contribution in [0.2, 0.25) is 5.21 Å². The summed E-state index contributed by atoms with van der Waals surface area (Å²) in [7, 11) is 7.03. The highest BCUT2D eigenvalue weighted by atomic mass is 16.2. The smallest absolute Gasteiger partial charge is 0.263 e. The third-order valence-electron chi connectivity index (χ3n) is 4.93. The summed E-state index contributed by atoms with van der Waals surface area (Å²) >= 11 is 0. The SMILES string of the molecule is Bc1cc(N)c2c(=O)n(C3(B)CC(B)(B)C(=O)NC3=O)c(C)nc2c1. The van der Waals surface area contributed by atoms with Gasteiger partial charge in [-0.05, 0) is 30.7 Å². The molecular formula is C14H18B4N4O3. The molecule has 1 aliphatic heterocycles. The summed E-state index contributed by atoms with van der Waals surface area (Å²) in [5.41, 5.74) is 6.19. The number of nitrogens with two attached hydrogens (primary N) is 1. The van der Waals surface area contributed by atoms with Gasteiger partial charge in [0.2, 0.25) is 11.8 Å². The molecular weight excluding hydrogens is 315 g/mol. The molecule has 1 unspecified atom stereocenters. The quantitative estimate of drug-likeness (QED) is 0.310. The van der Waals surface area contributed by atoms with Crippen LogP contribution in [0, 0.1) is 6.92 Å². The lowest BCUT2D eigenvalue weighted by Crippen LogP contribution is -2.63. The number of rotatable bonds is 1. The number of benzene rings is 1. The van der Waals surface area contributed by atoms with Gasteiger partial charge >= 0.3 is 0 Å². The molecule has 1 aromatic carbocycles.